The molecule has 2 aromatic heterocycles. The number of hydrogen-bond acceptors (Lipinski definition) is 5. The van der Waals surface area contributed by atoms with Crippen LogP contribution in [0.4, 0.5) is 4.39 Å². The molecule has 8 heteroatoms. The van der Waals surface area contributed by atoms with Gasteiger partial charge in [0, 0.05) is 18.8 Å². The molecule has 29 heavy (non-hydrogen) atoms. The first-order valence-electron chi connectivity index (χ1n) is 9.37. The maximum atomic E-state index is 13.1. The number of nitrogens with zero attached hydrogens (tertiary/aromatic N) is 3. The van der Waals surface area contributed by atoms with Crippen molar-refractivity contribution in [2.45, 2.75) is 31.9 Å². The number of piperidine rings is 1. The predicted octanol–water partition coefficient (Wildman–Crippen LogP) is 4.81. The summed E-state index contributed by atoms with van der Waals surface area (Å²) in [5.41, 5.74) is 1.09. The van der Waals surface area contributed by atoms with E-state index in [2.05, 4.69) is 10.1 Å². The molecule has 1 unspecified atom stereocenters. The summed E-state index contributed by atoms with van der Waals surface area (Å²) in [4.78, 5) is 19.2. The van der Waals surface area contributed by atoms with Gasteiger partial charge in [0.05, 0.1) is 16.8 Å². The molecule has 150 valence electrons. The van der Waals surface area contributed by atoms with Crippen molar-refractivity contribution in [3.8, 4) is 5.75 Å². The van der Waals surface area contributed by atoms with Gasteiger partial charge >= 0.3 is 0 Å². The van der Waals surface area contributed by atoms with Crippen LogP contribution in [0.1, 0.15) is 47.2 Å². The Morgan fingerprint density at radius 3 is 2.97 bits per heavy atom. The zero-order chi connectivity index (χ0) is 20.2. The van der Waals surface area contributed by atoms with Crippen LogP contribution >= 0.6 is 11.6 Å². The van der Waals surface area contributed by atoms with Crippen LogP contribution in [0.3, 0.4) is 0 Å². The van der Waals surface area contributed by atoms with Gasteiger partial charge in [-0.25, -0.2) is 4.39 Å². The van der Waals surface area contributed by atoms with Crippen LogP contribution in [0.25, 0.3) is 0 Å². The fraction of sp³-hybridized carbons (Fsp3) is 0.286. The quantitative estimate of drug-likeness (QED) is 0.598. The second-order valence-electron chi connectivity index (χ2n) is 6.81. The Morgan fingerprint density at radius 2 is 2.17 bits per heavy atom. The standard InChI is InChI=1S/C21H19ClFN3O3/c22-16-11-14(23)7-8-20(16)28-13-15-12-18(25-29-15)21(27)26-10-4-2-6-19(26)17-5-1-3-9-24-17/h1,3,5,7-9,11-12,19H,2,4,6,10,13H2. The number of carbonyl (C=O) groups is 1. The lowest BCUT2D eigenvalue weighted by Crippen LogP contribution is -2.39. The number of hydrogen-bond donors (Lipinski definition) is 0. The van der Waals surface area contributed by atoms with Gasteiger partial charge in [0.1, 0.15) is 18.2 Å². The van der Waals surface area contributed by atoms with Gasteiger partial charge in [-0.15, -0.1) is 0 Å². The van der Waals surface area contributed by atoms with Crippen molar-refractivity contribution in [2.24, 2.45) is 0 Å². The Balaban J connectivity index is 1.46. The molecule has 1 saturated heterocycles. The lowest BCUT2D eigenvalue weighted by Gasteiger charge is -2.34. The molecule has 0 radical (unpaired) electrons. The Labute approximate surface area is 172 Å². The molecule has 4 rings (SSSR count). The smallest absolute Gasteiger partial charge is 0.276 e. The molecular formula is C21H19ClFN3O3. The Hall–Kier alpha value is -2.93. The van der Waals surface area contributed by atoms with Gasteiger partial charge in [0.2, 0.25) is 0 Å². The highest BCUT2D eigenvalue weighted by Crippen LogP contribution is 2.31. The first kappa shape index (κ1) is 19.4. The van der Waals surface area contributed by atoms with E-state index in [1.807, 2.05) is 18.2 Å². The van der Waals surface area contributed by atoms with E-state index >= 15 is 0 Å². The number of pyridine rings is 1. The van der Waals surface area contributed by atoms with Crippen LogP contribution in [0.15, 0.2) is 53.2 Å². The third kappa shape index (κ3) is 4.40. The largest absolute Gasteiger partial charge is 0.484 e. The Morgan fingerprint density at radius 1 is 1.28 bits per heavy atom. The van der Waals surface area contributed by atoms with E-state index < -0.39 is 5.82 Å². The van der Waals surface area contributed by atoms with Crippen molar-refractivity contribution < 1.29 is 18.4 Å². The average molecular weight is 416 g/mol. The van der Waals surface area contributed by atoms with Gasteiger partial charge in [-0.2, -0.15) is 0 Å². The van der Waals surface area contributed by atoms with Crippen LogP contribution in [0.5, 0.6) is 5.75 Å². The lowest BCUT2D eigenvalue weighted by molar-refractivity contribution is 0.0595. The topological polar surface area (TPSA) is 68.5 Å². The zero-order valence-corrected chi connectivity index (χ0v) is 16.3. The lowest BCUT2D eigenvalue weighted by atomic mass is 9.98. The summed E-state index contributed by atoms with van der Waals surface area (Å²) < 4.78 is 23.9. The molecule has 0 aliphatic carbocycles. The fourth-order valence-electron chi connectivity index (χ4n) is 3.43. The van der Waals surface area contributed by atoms with Crippen LogP contribution < -0.4 is 4.74 Å². The molecule has 0 N–H and O–H groups in total. The summed E-state index contributed by atoms with van der Waals surface area (Å²) in [7, 11) is 0. The second-order valence-corrected chi connectivity index (χ2v) is 7.21. The molecule has 1 amide bonds. The average Bonchev–Trinajstić information content (AvgIpc) is 3.22. The van der Waals surface area contributed by atoms with E-state index in [9.17, 15) is 9.18 Å². The minimum atomic E-state index is -0.445. The van der Waals surface area contributed by atoms with Gasteiger partial charge in [-0.1, -0.05) is 22.8 Å². The van der Waals surface area contributed by atoms with E-state index in [0.29, 0.717) is 18.1 Å². The molecule has 0 bridgehead atoms. The molecule has 1 atom stereocenters. The van der Waals surface area contributed by atoms with Crippen molar-refractivity contribution in [1.82, 2.24) is 15.0 Å². The van der Waals surface area contributed by atoms with E-state index in [1.165, 1.54) is 18.2 Å². The monoisotopic (exact) mass is 415 g/mol. The van der Waals surface area contributed by atoms with Gasteiger partial charge in [0.25, 0.3) is 5.91 Å². The molecule has 3 aromatic rings. The van der Waals surface area contributed by atoms with Crippen molar-refractivity contribution in [1.29, 1.82) is 0 Å². The number of ether oxygens (including phenoxy) is 1. The first-order chi connectivity index (χ1) is 14.1. The first-order valence-corrected chi connectivity index (χ1v) is 9.75. The second kappa shape index (κ2) is 8.61. The molecular weight excluding hydrogens is 397 g/mol. The van der Waals surface area contributed by atoms with Crippen molar-refractivity contribution in [2.75, 3.05) is 6.54 Å². The van der Waals surface area contributed by atoms with E-state index in [-0.39, 0.29) is 29.3 Å². The molecule has 1 aromatic carbocycles. The van der Waals surface area contributed by atoms with Crippen molar-refractivity contribution in [3.63, 3.8) is 0 Å². The third-order valence-electron chi connectivity index (χ3n) is 4.83. The summed E-state index contributed by atoms with van der Waals surface area (Å²) >= 11 is 5.95. The number of rotatable bonds is 5. The fourth-order valence-corrected chi connectivity index (χ4v) is 3.65. The van der Waals surface area contributed by atoms with E-state index in [0.717, 1.165) is 25.0 Å². The molecule has 6 nitrogen and oxygen atoms in total. The van der Waals surface area contributed by atoms with Gasteiger partial charge in [-0.3, -0.25) is 9.78 Å². The number of halogens is 2. The maximum absolute atomic E-state index is 13.1. The molecule has 3 heterocycles. The molecule has 1 aliphatic heterocycles. The van der Waals surface area contributed by atoms with Gasteiger partial charge in [0.15, 0.2) is 11.5 Å². The zero-order valence-electron chi connectivity index (χ0n) is 15.6. The molecule has 0 saturated carbocycles. The number of carbonyl (C=O) groups excluding carboxylic acids is 1. The van der Waals surface area contributed by atoms with Crippen molar-refractivity contribution >= 4 is 17.5 Å². The summed E-state index contributed by atoms with van der Waals surface area (Å²) in [6.07, 6.45) is 4.58. The highest BCUT2D eigenvalue weighted by atomic mass is 35.5. The summed E-state index contributed by atoms with van der Waals surface area (Å²) in [5, 5.41) is 4.07. The van der Waals surface area contributed by atoms with Crippen LogP contribution in [0.2, 0.25) is 5.02 Å². The van der Waals surface area contributed by atoms with Crippen LogP contribution in [-0.4, -0.2) is 27.5 Å². The number of benzene rings is 1. The highest BCUT2D eigenvalue weighted by molar-refractivity contribution is 6.32. The number of likely N-dealkylation sites (tertiary alicyclic amines) is 1. The normalized spacial score (nSPS) is 16.6. The van der Waals surface area contributed by atoms with Crippen molar-refractivity contribution in [3.05, 3.63) is 76.6 Å². The van der Waals surface area contributed by atoms with E-state index in [4.69, 9.17) is 20.9 Å². The maximum Gasteiger partial charge on any atom is 0.276 e. The Kier molecular flexibility index (Phi) is 5.76. The summed E-state index contributed by atoms with van der Waals surface area (Å²) in [6.45, 7) is 0.666. The third-order valence-corrected chi connectivity index (χ3v) is 5.13. The SMILES string of the molecule is O=C(c1cc(COc2ccc(F)cc2Cl)on1)N1CCCCC1c1ccccn1. The van der Waals surface area contributed by atoms with E-state index in [1.54, 1.807) is 17.2 Å². The van der Waals surface area contributed by atoms with Gasteiger partial charge < -0.3 is 14.2 Å². The van der Waals surface area contributed by atoms with Gasteiger partial charge in [-0.05, 0) is 49.6 Å². The Bertz CT molecular complexity index is 996. The summed E-state index contributed by atoms with van der Waals surface area (Å²) in [5.74, 6) is 0.0535. The number of amides is 1. The molecule has 0 spiro atoms. The minimum absolute atomic E-state index is 0.0231. The number of aromatic nitrogens is 2. The molecule has 1 fully saturated rings. The molecule has 1 aliphatic rings. The summed E-state index contributed by atoms with van der Waals surface area (Å²) in [6, 6.07) is 11.1. The minimum Gasteiger partial charge on any atom is -0.484 e. The van der Waals surface area contributed by atoms with Crippen LogP contribution in [-0.2, 0) is 6.61 Å². The van der Waals surface area contributed by atoms with Crippen LogP contribution in [0, 0.1) is 5.82 Å². The predicted molar refractivity (Wildman–Crippen MR) is 104 cm³/mol. The highest BCUT2D eigenvalue weighted by Gasteiger charge is 2.31.